The van der Waals surface area contributed by atoms with E-state index in [1.807, 2.05) is 206 Å². The molecule has 5 N–H and O–H groups in total. The Morgan fingerprint density at radius 3 is 1.10 bits per heavy atom. The topological polar surface area (TPSA) is 387 Å². The molecule has 2 unspecified atom stereocenters. The number of nitrogens with zero attached hydrogens (tertiary/aromatic N) is 16. The zero-order valence-electron chi connectivity index (χ0n) is 76.5. The summed E-state index contributed by atoms with van der Waals surface area (Å²) in [5.41, 5.74) is 12.0. The van der Waals surface area contributed by atoms with E-state index < -0.39 is 60.7 Å². The molecule has 2 atom stereocenters. The fraction of sp³-hybridized carbons (Fsp3) is 0.312. The van der Waals surface area contributed by atoms with Crippen molar-refractivity contribution in [3.8, 4) is 28.4 Å². The second-order valence-corrected chi connectivity index (χ2v) is 44.9. The molecule has 28 nitrogen and oxygen atoms in total. The molecule has 134 heavy (non-hydrogen) atoms. The highest BCUT2D eigenvalue weighted by Gasteiger charge is 2.40. The SMILES string of the molecule is CC(C)C(CC(=O)C(C)(C)Sc1nnc(Br)n1-c1cccc2ccccc12)C(=O)O.CCc1ccc(-n2c(Br)nnc2SC(C)(C)C(=O)CC(C(=O)O)C(C)C)c2ccccc12.Cc1ccc(-n2c(Br)nnc2SC(C)(C)C(=O)O)c2ccccc12.Cc1ccc(-n2c(Br)nnc2SCC(=O)O)c2ccccc12.Cc1ccc2c(C)cc(C)c(-n3c(Br)nnc3SC(C)(C)C(=O)O)c2n1. The average molecular weight is 2230 g/mol. The van der Waals surface area contributed by atoms with Gasteiger partial charge in [-0.3, -0.25) is 61.4 Å². The third-order valence-electron chi connectivity index (χ3n) is 22.2. The number of thioether (sulfide) groups is 5. The number of carbonyl (C=O) groups is 7. The van der Waals surface area contributed by atoms with Gasteiger partial charge in [-0.05, 0) is 268 Å². The van der Waals surface area contributed by atoms with Gasteiger partial charge in [-0.25, -0.2) is 0 Å². The van der Waals surface area contributed by atoms with Gasteiger partial charge in [0, 0.05) is 45.5 Å². The normalized spacial score (nSPS) is 12.2. The van der Waals surface area contributed by atoms with Crippen molar-refractivity contribution in [3.63, 3.8) is 0 Å². The van der Waals surface area contributed by atoms with Gasteiger partial charge in [0.1, 0.15) is 21.1 Å². The summed E-state index contributed by atoms with van der Waals surface area (Å²) in [5.74, 6) is -6.56. The van der Waals surface area contributed by atoms with Crippen LogP contribution >= 0.6 is 138 Å². The van der Waals surface area contributed by atoms with Gasteiger partial charge in [-0.2, -0.15) is 0 Å². The Labute approximate surface area is 837 Å². The quantitative estimate of drug-likeness (QED) is 0.0272. The Balaban J connectivity index is 0.000000162. The number of hydrogen-bond acceptors (Lipinski definition) is 23. The highest BCUT2D eigenvalue weighted by atomic mass is 79.9. The summed E-state index contributed by atoms with van der Waals surface area (Å²) >= 11 is 23.3. The highest BCUT2D eigenvalue weighted by molar-refractivity contribution is 9.11. The molecule has 6 aromatic heterocycles. The molecule has 15 rings (SSSR count). The summed E-state index contributed by atoms with van der Waals surface area (Å²) < 4.78 is 8.19. The van der Waals surface area contributed by atoms with Gasteiger partial charge in [0.25, 0.3) is 0 Å². The second kappa shape index (κ2) is 44.4. The smallest absolute Gasteiger partial charge is 0.319 e. The first kappa shape index (κ1) is 104. The number of aliphatic carboxylic acids is 5. The lowest BCUT2D eigenvalue weighted by molar-refractivity contribution is -0.146. The van der Waals surface area contributed by atoms with E-state index in [-0.39, 0.29) is 42.0 Å². The molecule has 0 amide bonds. The number of pyridine rings is 1. The summed E-state index contributed by atoms with van der Waals surface area (Å²) in [6, 6.07) is 56.8. The minimum Gasteiger partial charge on any atom is -0.481 e. The Bertz CT molecular complexity index is 6970. The van der Waals surface area contributed by atoms with Gasteiger partial charge in [0.15, 0.2) is 25.8 Å². The Morgan fingerprint density at radius 1 is 0.358 bits per heavy atom. The fourth-order valence-electron chi connectivity index (χ4n) is 14.5. The molecule has 15 aromatic rings. The molecule has 0 saturated heterocycles. The molecule has 6 heterocycles. The summed E-state index contributed by atoms with van der Waals surface area (Å²) in [7, 11) is 0. The number of carboxylic acids is 5. The van der Waals surface area contributed by atoms with E-state index in [1.54, 1.807) is 41.5 Å². The number of halogens is 5. The van der Waals surface area contributed by atoms with E-state index in [9.17, 15) is 54.0 Å². The van der Waals surface area contributed by atoms with Gasteiger partial charge < -0.3 is 25.5 Å². The molecule has 0 aliphatic heterocycles. The van der Waals surface area contributed by atoms with Gasteiger partial charge in [-0.15, -0.1) is 51.0 Å². The third-order valence-corrected chi connectivity index (χ3v) is 30.3. The summed E-state index contributed by atoms with van der Waals surface area (Å²) in [6.07, 6.45) is 0.890. The lowest BCUT2D eigenvalue weighted by Gasteiger charge is -2.25. The predicted molar refractivity (Wildman–Crippen MR) is 548 cm³/mol. The van der Waals surface area contributed by atoms with Crippen LogP contribution in [0.15, 0.2) is 219 Å². The molecule has 0 spiro atoms. The number of rotatable bonds is 29. The first-order valence-electron chi connectivity index (χ1n) is 42.2. The number of benzene rings is 9. The Kier molecular flexibility index (Phi) is 34.6. The van der Waals surface area contributed by atoms with Crippen LogP contribution in [0.4, 0.5) is 0 Å². The maximum Gasteiger partial charge on any atom is 0.319 e. The molecule has 38 heteroatoms. The van der Waals surface area contributed by atoms with E-state index in [0.29, 0.717) is 49.5 Å². The van der Waals surface area contributed by atoms with Crippen LogP contribution in [-0.2, 0) is 40.0 Å². The number of hydrogen-bond donors (Lipinski definition) is 5. The van der Waals surface area contributed by atoms with Gasteiger partial charge in [-0.1, -0.05) is 233 Å². The molecule has 0 saturated carbocycles. The van der Waals surface area contributed by atoms with Gasteiger partial charge >= 0.3 is 29.8 Å². The number of fused-ring (bicyclic) bond motifs is 5. The first-order chi connectivity index (χ1) is 63.2. The van der Waals surface area contributed by atoms with E-state index in [2.05, 4.69) is 201 Å². The van der Waals surface area contributed by atoms with Crippen molar-refractivity contribution in [2.75, 3.05) is 5.75 Å². The van der Waals surface area contributed by atoms with Crippen molar-refractivity contribution in [2.24, 2.45) is 23.7 Å². The van der Waals surface area contributed by atoms with Crippen LogP contribution in [0.25, 0.3) is 82.4 Å². The van der Waals surface area contributed by atoms with Crippen LogP contribution in [0, 0.1) is 58.3 Å². The zero-order chi connectivity index (χ0) is 98.1. The van der Waals surface area contributed by atoms with Crippen LogP contribution in [0.5, 0.6) is 0 Å². The monoisotopic (exact) mass is 2220 g/mol. The van der Waals surface area contributed by atoms with E-state index in [4.69, 9.17) is 10.1 Å². The van der Waals surface area contributed by atoms with E-state index in [1.165, 1.54) is 57.4 Å². The number of ketones is 2. The first-order valence-corrected chi connectivity index (χ1v) is 50.4. The molecule has 9 aromatic carbocycles. The van der Waals surface area contributed by atoms with E-state index >= 15 is 0 Å². The summed E-state index contributed by atoms with van der Waals surface area (Å²) in [6.45, 7) is 33.4. The average Bonchev–Trinajstić information content (AvgIpc) is 1.35. The third kappa shape index (κ3) is 24.1. The van der Waals surface area contributed by atoms with Crippen LogP contribution in [-0.4, -0.2) is 170 Å². The molecule has 0 aliphatic carbocycles. The van der Waals surface area contributed by atoms with Crippen molar-refractivity contribution in [1.82, 2.24) is 78.8 Å². The van der Waals surface area contributed by atoms with Crippen LogP contribution < -0.4 is 0 Å². The van der Waals surface area contributed by atoms with Crippen molar-refractivity contribution in [1.29, 1.82) is 0 Å². The molecular weight excluding hydrogens is 2130 g/mol. The standard InChI is InChI=1S/C24H28BrN3O3S.C22H24BrN3O3S.C18H19BrN4O2S.C17H16BrN3O2S.C15H12BrN3O2S/c1-6-15-11-12-19(17-10-8-7-9-16(15)17)28-22(25)26-27-23(28)32-24(4,5)20(29)13-18(14(2)3)21(30)31;1-13(2)16(19(28)29)12-18(27)22(3,4)30-21-25-24-20(23)26(21)17-11-7-9-14-8-5-6-10-15(14)17;1-9-8-10(2)14(13-12(9)7-6-11(3)20-13)23-16(19)21-22-17(23)26-18(4,5)15(24)25;1-10-8-9-13(12-7-5-4-6-11(10)12)21-15(18)19-20-16(21)24-17(2,3)14(22)23;1-9-6-7-12(11-5-3-2-4-10(9)11)19-14(16)17-18-15(19)22-8-13(20)21/h7-12,14,18H,6,13H2,1-5H3,(H,30,31);5-11,13,16H,12H2,1-4H3,(H,28,29);6-8H,1-5H3,(H,24,25);4-9H,1-3H3,(H,22,23);2-7H,8H2,1H3,(H,20,21). The van der Waals surface area contributed by atoms with Crippen molar-refractivity contribution < 1.29 is 59.1 Å². The lowest BCUT2D eigenvalue weighted by Crippen LogP contribution is -2.33. The van der Waals surface area contributed by atoms with Crippen LogP contribution in [0.1, 0.15) is 136 Å². The van der Waals surface area contributed by atoms with E-state index in [0.717, 1.165) is 124 Å². The number of carbonyl (C=O) groups excluding carboxylic acids is 2. The summed E-state index contributed by atoms with van der Waals surface area (Å²) in [5, 5.41) is 101. The highest BCUT2D eigenvalue weighted by Crippen LogP contribution is 2.44. The van der Waals surface area contributed by atoms with Crippen molar-refractivity contribution in [2.45, 2.75) is 189 Å². The minimum atomic E-state index is -1.04. The number of aryl methyl sites for hydroxylation is 6. The molecule has 0 fully saturated rings. The Morgan fingerprint density at radius 2 is 0.701 bits per heavy atom. The van der Waals surface area contributed by atoms with Gasteiger partial charge in [0.05, 0.1) is 61.0 Å². The summed E-state index contributed by atoms with van der Waals surface area (Å²) in [4.78, 5) is 87.7. The molecular formula is C96H99Br5N16O12S5. The van der Waals surface area contributed by atoms with Gasteiger partial charge in [0.2, 0.25) is 23.7 Å². The maximum atomic E-state index is 13.1. The predicted octanol–water partition coefficient (Wildman–Crippen LogP) is 23.9. The van der Waals surface area contributed by atoms with Crippen LogP contribution in [0.2, 0.25) is 0 Å². The minimum absolute atomic E-state index is 0.0173. The molecule has 0 aliphatic rings. The second-order valence-electron chi connectivity index (χ2n) is 34.1. The fourth-order valence-corrected chi connectivity index (χ4v) is 21.7. The largest absolute Gasteiger partial charge is 0.481 e. The molecule has 0 radical (unpaired) electrons. The number of aromatic nitrogens is 16. The zero-order valence-corrected chi connectivity index (χ0v) is 88.5. The van der Waals surface area contributed by atoms with Crippen molar-refractivity contribution in [3.05, 3.63) is 227 Å². The number of Topliss-reactive ketones (excluding diaryl/α,β-unsaturated/α-hetero) is 2. The van der Waals surface area contributed by atoms with Crippen molar-refractivity contribution >= 4 is 234 Å². The molecule has 700 valence electrons. The Hall–Kier alpha value is -10.0. The molecule has 0 bridgehead atoms. The lowest BCUT2D eigenvalue weighted by atomic mass is 9.88. The maximum absolute atomic E-state index is 13.1. The number of carboxylic acid groups (broad SMARTS) is 5. The van der Waals surface area contributed by atoms with Crippen LogP contribution in [0.3, 0.4) is 0 Å².